The normalized spacial score (nSPS) is 14.8. The van der Waals surface area contributed by atoms with Crippen LogP contribution in [0.1, 0.15) is 5.56 Å². The van der Waals surface area contributed by atoms with E-state index in [0.717, 1.165) is 6.07 Å². The van der Waals surface area contributed by atoms with Gasteiger partial charge in [0.25, 0.3) is 5.69 Å². The maximum Gasteiger partial charge on any atom is 0.423 e. The lowest BCUT2D eigenvalue weighted by atomic mass is 10.1. The highest BCUT2D eigenvalue weighted by molar-refractivity contribution is 5.94. The molecule has 1 aromatic rings. The number of guanidine groups is 1. The van der Waals surface area contributed by atoms with Gasteiger partial charge in [-0.05, 0) is 12.1 Å². The second-order valence-electron chi connectivity index (χ2n) is 3.77. The molecule has 1 heterocycles. The summed E-state index contributed by atoms with van der Waals surface area (Å²) in [7, 11) is 0. The van der Waals surface area contributed by atoms with E-state index in [2.05, 4.69) is 15.6 Å². The summed E-state index contributed by atoms with van der Waals surface area (Å²) in [5, 5.41) is 16.0. The minimum absolute atomic E-state index is 0.0890. The minimum Gasteiger partial charge on any atom is -0.354 e. The highest BCUT2D eigenvalue weighted by Gasteiger charge is 2.38. The molecule has 9 heteroatoms. The third-order valence-electron chi connectivity index (χ3n) is 2.44. The summed E-state index contributed by atoms with van der Waals surface area (Å²) in [5.74, 6) is 0.349. The smallest absolute Gasteiger partial charge is 0.354 e. The first-order valence-electron chi connectivity index (χ1n) is 5.29. The molecule has 2 rings (SSSR count). The Morgan fingerprint density at radius 3 is 2.68 bits per heavy atom. The second kappa shape index (κ2) is 4.75. The molecule has 0 unspecified atom stereocenters. The zero-order chi connectivity index (χ0) is 14.0. The van der Waals surface area contributed by atoms with Gasteiger partial charge in [-0.3, -0.25) is 15.1 Å². The van der Waals surface area contributed by atoms with Crippen molar-refractivity contribution in [3.63, 3.8) is 0 Å². The van der Waals surface area contributed by atoms with Crippen LogP contribution in [0.3, 0.4) is 0 Å². The molecule has 0 spiro atoms. The van der Waals surface area contributed by atoms with E-state index < -0.39 is 22.4 Å². The van der Waals surface area contributed by atoms with Crippen molar-refractivity contribution in [2.45, 2.75) is 6.18 Å². The Kier molecular flexibility index (Phi) is 3.28. The lowest BCUT2D eigenvalue weighted by molar-refractivity contribution is -0.388. The molecule has 0 fully saturated rings. The molecule has 6 nitrogen and oxygen atoms in total. The van der Waals surface area contributed by atoms with Gasteiger partial charge in [-0.15, -0.1) is 0 Å². The summed E-state index contributed by atoms with van der Waals surface area (Å²) < 4.78 is 38.2. The number of halogens is 3. The molecule has 2 N–H and O–H groups in total. The van der Waals surface area contributed by atoms with E-state index in [1.165, 1.54) is 6.07 Å². The summed E-state index contributed by atoms with van der Waals surface area (Å²) in [5.41, 5.74) is -2.17. The van der Waals surface area contributed by atoms with E-state index in [1.54, 1.807) is 0 Å². The van der Waals surface area contributed by atoms with Gasteiger partial charge in [-0.25, -0.2) is 0 Å². The number of aliphatic imine (C=N–C) groups is 1. The predicted molar refractivity (Wildman–Crippen MR) is 62.0 cm³/mol. The Morgan fingerprint density at radius 1 is 1.42 bits per heavy atom. The van der Waals surface area contributed by atoms with E-state index in [-0.39, 0.29) is 5.69 Å². The van der Waals surface area contributed by atoms with E-state index in [0.29, 0.717) is 25.1 Å². The first-order chi connectivity index (χ1) is 8.88. The van der Waals surface area contributed by atoms with Gasteiger partial charge >= 0.3 is 6.18 Å². The lowest BCUT2D eigenvalue weighted by Gasteiger charge is -2.11. The number of nitrogens with one attached hydrogen (secondary N) is 2. The van der Waals surface area contributed by atoms with Crippen LogP contribution in [0.15, 0.2) is 23.2 Å². The molecule has 1 aromatic carbocycles. The maximum absolute atomic E-state index is 12.7. The van der Waals surface area contributed by atoms with Gasteiger partial charge in [0.15, 0.2) is 5.96 Å². The summed E-state index contributed by atoms with van der Waals surface area (Å²) in [6, 6.07) is 2.72. The maximum atomic E-state index is 12.7. The van der Waals surface area contributed by atoms with Gasteiger partial charge in [0.2, 0.25) is 0 Å². The van der Waals surface area contributed by atoms with Crippen molar-refractivity contribution in [3.8, 4) is 0 Å². The molecule has 0 saturated heterocycles. The van der Waals surface area contributed by atoms with Gasteiger partial charge in [0, 0.05) is 18.3 Å². The summed E-state index contributed by atoms with van der Waals surface area (Å²) in [4.78, 5) is 13.5. The van der Waals surface area contributed by atoms with Gasteiger partial charge in [0.1, 0.15) is 5.56 Å². The first-order valence-corrected chi connectivity index (χ1v) is 5.29. The Bertz CT molecular complexity index is 542. The monoisotopic (exact) mass is 274 g/mol. The Balaban J connectivity index is 2.35. The van der Waals surface area contributed by atoms with Crippen LogP contribution in [0, 0.1) is 10.1 Å². The number of benzene rings is 1. The Labute approximate surface area is 105 Å². The third kappa shape index (κ3) is 2.92. The van der Waals surface area contributed by atoms with Crippen molar-refractivity contribution in [2.24, 2.45) is 4.99 Å². The molecule has 0 bridgehead atoms. The van der Waals surface area contributed by atoms with Gasteiger partial charge in [-0.1, -0.05) is 0 Å². The van der Waals surface area contributed by atoms with Crippen LogP contribution in [0.4, 0.5) is 24.5 Å². The number of nitro groups is 1. The summed E-state index contributed by atoms with van der Waals surface area (Å²) in [6.07, 6.45) is -4.79. The number of nitrogens with zero attached hydrogens (tertiary/aromatic N) is 2. The number of hydrogen-bond donors (Lipinski definition) is 2. The second-order valence-corrected chi connectivity index (χ2v) is 3.77. The molecule has 0 aliphatic carbocycles. The van der Waals surface area contributed by atoms with Crippen molar-refractivity contribution < 1.29 is 18.1 Å². The number of hydrogen-bond acceptors (Lipinski definition) is 5. The molecule has 1 aliphatic heterocycles. The zero-order valence-electron chi connectivity index (χ0n) is 9.49. The molecule has 0 radical (unpaired) electrons. The van der Waals surface area contributed by atoms with Crippen molar-refractivity contribution >= 4 is 17.3 Å². The molecule has 0 saturated carbocycles. The molecular formula is C10H9F3N4O2. The fourth-order valence-corrected chi connectivity index (χ4v) is 1.62. The van der Waals surface area contributed by atoms with Crippen LogP contribution in [-0.4, -0.2) is 24.0 Å². The molecule has 1 aliphatic rings. The van der Waals surface area contributed by atoms with Crippen LogP contribution in [-0.2, 0) is 6.18 Å². The van der Waals surface area contributed by atoms with Crippen LogP contribution < -0.4 is 10.6 Å². The number of anilines is 1. The van der Waals surface area contributed by atoms with Crippen molar-refractivity contribution in [3.05, 3.63) is 33.9 Å². The van der Waals surface area contributed by atoms with Crippen molar-refractivity contribution in [1.29, 1.82) is 0 Å². The quantitative estimate of drug-likeness (QED) is 0.638. The van der Waals surface area contributed by atoms with Crippen LogP contribution >= 0.6 is 0 Å². The number of nitro benzene ring substituents is 1. The number of alkyl halides is 3. The van der Waals surface area contributed by atoms with Crippen LogP contribution in [0.25, 0.3) is 0 Å². The van der Waals surface area contributed by atoms with E-state index in [4.69, 9.17) is 0 Å². The van der Waals surface area contributed by atoms with Gasteiger partial charge in [0.05, 0.1) is 11.5 Å². The lowest BCUT2D eigenvalue weighted by Crippen LogP contribution is -2.26. The molecule has 102 valence electrons. The number of rotatable bonds is 2. The highest BCUT2D eigenvalue weighted by atomic mass is 19.4. The van der Waals surface area contributed by atoms with E-state index in [1.807, 2.05) is 0 Å². The average Bonchev–Trinajstić information content (AvgIpc) is 2.80. The van der Waals surface area contributed by atoms with Crippen LogP contribution in [0.2, 0.25) is 0 Å². The van der Waals surface area contributed by atoms with Crippen LogP contribution in [0.5, 0.6) is 0 Å². The van der Waals surface area contributed by atoms with Gasteiger partial charge < -0.3 is 10.6 Å². The SMILES string of the molecule is O=[N+]([O-])c1ccc(NC2=NCCN2)cc1C(F)(F)F. The van der Waals surface area contributed by atoms with Crippen molar-refractivity contribution in [1.82, 2.24) is 5.32 Å². The Hall–Kier alpha value is -2.32. The largest absolute Gasteiger partial charge is 0.423 e. The standard InChI is InChI=1S/C10H9F3N4O2/c11-10(12,13)7-5-6(1-2-8(7)17(18)19)16-9-14-3-4-15-9/h1-2,5H,3-4H2,(H2,14,15,16). The van der Waals surface area contributed by atoms with Gasteiger partial charge in [-0.2, -0.15) is 13.2 Å². The molecular weight excluding hydrogens is 265 g/mol. The highest BCUT2D eigenvalue weighted by Crippen LogP contribution is 2.37. The predicted octanol–water partition coefficient (Wildman–Crippen LogP) is 1.98. The third-order valence-corrected chi connectivity index (χ3v) is 2.44. The molecule has 0 atom stereocenters. The molecule has 19 heavy (non-hydrogen) atoms. The molecule has 0 aromatic heterocycles. The van der Waals surface area contributed by atoms with E-state index in [9.17, 15) is 23.3 Å². The fourth-order valence-electron chi connectivity index (χ4n) is 1.62. The first kappa shape index (κ1) is 13.1. The molecule has 0 amide bonds. The summed E-state index contributed by atoms with van der Waals surface area (Å²) >= 11 is 0. The summed E-state index contributed by atoms with van der Waals surface area (Å²) in [6.45, 7) is 1.13. The topological polar surface area (TPSA) is 79.6 Å². The average molecular weight is 274 g/mol. The Morgan fingerprint density at radius 2 is 2.16 bits per heavy atom. The zero-order valence-corrected chi connectivity index (χ0v) is 9.49. The fraction of sp³-hybridized carbons (Fsp3) is 0.300. The van der Waals surface area contributed by atoms with E-state index >= 15 is 0 Å². The minimum atomic E-state index is -4.79. The van der Waals surface area contributed by atoms with Crippen molar-refractivity contribution in [2.75, 3.05) is 18.4 Å².